The predicted molar refractivity (Wildman–Crippen MR) is 59.5 cm³/mol. The summed E-state index contributed by atoms with van der Waals surface area (Å²) in [5.41, 5.74) is 0. The molecule has 1 atom stereocenters. The summed E-state index contributed by atoms with van der Waals surface area (Å²) in [6.07, 6.45) is 1.18. The smallest absolute Gasteiger partial charge is 0.410 e. The molecular formula is C11H18N2O4. The van der Waals surface area contributed by atoms with Crippen LogP contribution in [0.15, 0.2) is 0 Å². The lowest BCUT2D eigenvalue weighted by atomic mass is 10.2. The number of ether oxygens (including phenoxy) is 2. The highest BCUT2D eigenvalue weighted by Crippen LogP contribution is 2.20. The van der Waals surface area contributed by atoms with Crippen LogP contribution in [0.25, 0.3) is 0 Å². The lowest BCUT2D eigenvalue weighted by Gasteiger charge is -2.31. The van der Waals surface area contributed by atoms with Crippen molar-refractivity contribution in [3.05, 3.63) is 0 Å². The molecule has 0 aromatic carbocycles. The molecule has 2 saturated heterocycles. The Bertz CT molecular complexity index is 302. The summed E-state index contributed by atoms with van der Waals surface area (Å²) < 4.78 is 9.90. The second-order valence-electron chi connectivity index (χ2n) is 4.26. The summed E-state index contributed by atoms with van der Waals surface area (Å²) >= 11 is 0. The maximum Gasteiger partial charge on any atom is 0.410 e. The van der Waals surface area contributed by atoms with E-state index in [4.69, 9.17) is 9.47 Å². The van der Waals surface area contributed by atoms with Crippen LogP contribution in [0.3, 0.4) is 0 Å². The average Bonchev–Trinajstić information content (AvgIpc) is 2.87. The number of nitrogens with zero attached hydrogens (tertiary/aromatic N) is 2. The molecule has 2 rings (SSSR count). The van der Waals surface area contributed by atoms with E-state index in [1.165, 1.54) is 12.0 Å². The minimum Gasteiger partial charge on any atom is -0.453 e. The van der Waals surface area contributed by atoms with Gasteiger partial charge in [-0.05, 0) is 12.8 Å². The number of hydrogen-bond acceptors (Lipinski definition) is 4. The highest BCUT2D eigenvalue weighted by Gasteiger charge is 2.37. The molecule has 0 unspecified atom stereocenters. The molecule has 96 valence electrons. The number of morpholine rings is 1. The molecule has 6 nitrogen and oxygen atoms in total. The third-order valence-electron chi connectivity index (χ3n) is 3.27. The van der Waals surface area contributed by atoms with Crippen LogP contribution in [0, 0.1) is 0 Å². The topological polar surface area (TPSA) is 59.1 Å². The van der Waals surface area contributed by atoms with Crippen molar-refractivity contribution in [2.75, 3.05) is 40.0 Å². The molecule has 2 aliphatic heterocycles. The normalized spacial score (nSPS) is 24.9. The van der Waals surface area contributed by atoms with Crippen LogP contribution in [-0.4, -0.2) is 67.8 Å². The molecule has 2 fully saturated rings. The Morgan fingerprint density at radius 1 is 1.24 bits per heavy atom. The van der Waals surface area contributed by atoms with E-state index < -0.39 is 6.09 Å². The first-order chi connectivity index (χ1) is 8.24. The van der Waals surface area contributed by atoms with Crippen molar-refractivity contribution in [3.8, 4) is 0 Å². The Labute approximate surface area is 100 Å². The molecule has 0 aliphatic carbocycles. The zero-order valence-corrected chi connectivity index (χ0v) is 10.1. The van der Waals surface area contributed by atoms with Gasteiger partial charge in [0, 0.05) is 19.6 Å². The highest BCUT2D eigenvalue weighted by molar-refractivity contribution is 5.86. The van der Waals surface area contributed by atoms with Gasteiger partial charge < -0.3 is 14.4 Å². The number of amides is 2. The maximum atomic E-state index is 12.3. The van der Waals surface area contributed by atoms with Crippen LogP contribution in [0.5, 0.6) is 0 Å². The Hall–Kier alpha value is -1.30. The van der Waals surface area contributed by atoms with Crippen molar-refractivity contribution < 1.29 is 19.1 Å². The van der Waals surface area contributed by atoms with E-state index in [0.717, 1.165) is 12.8 Å². The fourth-order valence-electron chi connectivity index (χ4n) is 2.35. The van der Waals surface area contributed by atoms with Gasteiger partial charge in [-0.1, -0.05) is 0 Å². The molecule has 2 amide bonds. The molecule has 0 N–H and O–H groups in total. The van der Waals surface area contributed by atoms with Gasteiger partial charge in [0.25, 0.3) is 0 Å². The maximum absolute atomic E-state index is 12.3. The second kappa shape index (κ2) is 5.35. The summed E-state index contributed by atoms with van der Waals surface area (Å²) in [5, 5.41) is 0. The van der Waals surface area contributed by atoms with Gasteiger partial charge in [-0.15, -0.1) is 0 Å². The van der Waals surface area contributed by atoms with E-state index in [1.807, 2.05) is 0 Å². The summed E-state index contributed by atoms with van der Waals surface area (Å²) in [4.78, 5) is 27.1. The van der Waals surface area contributed by atoms with Crippen LogP contribution < -0.4 is 0 Å². The molecule has 0 bridgehead atoms. The Balaban J connectivity index is 1.99. The quantitative estimate of drug-likeness (QED) is 0.653. The third kappa shape index (κ3) is 2.52. The molecule has 0 aromatic heterocycles. The third-order valence-corrected chi connectivity index (χ3v) is 3.27. The van der Waals surface area contributed by atoms with E-state index in [1.54, 1.807) is 4.90 Å². The van der Waals surface area contributed by atoms with Crippen molar-refractivity contribution in [2.24, 2.45) is 0 Å². The van der Waals surface area contributed by atoms with Gasteiger partial charge in [0.1, 0.15) is 6.04 Å². The van der Waals surface area contributed by atoms with Crippen molar-refractivity contribution in [1.82, 2.24) is 9.80 Å². The van der Waals surface area contributed by atoms with E-state index in [-0.39, 0.29) is 11.9 Å². The molecule has 0 aromatic rings. The van der Waals surface area contributed by atoms with Crippen molar-refractivity contribution in [3.63, 3.8) is 0 Å². The monoisotopic (exact) mass is 242 g/mol. The number of carbonyl (C=O) groups is 2. The van der Waals surface area contributed by atoms with Crippen LogP contribution in [0.1, 0.15) is 12.8 Å². The minimum absolute atomic E-state index is 0.0243. The summed E-state index contributed by atoms with van der Waals surface area (Å²) in [6, 6.07) is -0.347. The minimum atomic E-state index is -0.408. The number of carbonyl (C=O) groups excluding carboxylic acids is 2. The average molecular weight is 242 g/mol. The van der Waals surface area contributed by atoms with Crippen LogP contribution in [0.2, 0.25) is 0 Å². The standard InChI is InChI=1S/C11H18N2O4/c1-16-11(15)13-4-2-3-9(13)10(14)12-5-7-17-8-6-12/h9H,2-8H2,1H3/t9-/m0/s1. The van der Waals surface area contributed by atoms with Gasteiger partial charge in [0.15, 0.2) is 0 Å². The van der Waals surface area contributed by atoms with Gasteiger partial charge in [-0.25, -0.2) is 4.79 Å². The lowest BCUT2D eigenvalue weighted by molar-refractivity contribution is -0.139. The van der Waals surface area contributed by atoms with Crippen LogP contribution >= 0.6 is 0 Å². The first-order valence-corrected chi connectivity index (χ1v) is 5.95. The number of likely N-dealkylation sites (tertiary alicyclic amines) is 1. The van der Waals surface area contributed by atoms with Crippen LogP contribution in [-0.2, 0) is 14.3 Å². The molecule has 0 saturated carbocycles. The van der Waals surface area contributed by atoms with Crippen molar-refractivity contribution in [2.45, 2.75) is 18.9 Å². The van der Waals surface area contributed by atoms with E-state index >= 15 is 0 Å². The highest BCUT2D eigenvalue weighted by atomic mass is 16.5. The molecule has 17 heavy (non-hydrogen) atoms. The van der Waals surface area contributed by atoms with Crippen molar-refractivity contribution >= 4 is 12.0 Å². The molecule has 2 heterocycles. The first-order valence-electron chi connectivity index (χ1n) is 5.95. The summed E-state index contributed by atoms with van der Waals surface area (Å²) in [7, 11) is 1.34. The van der Waals surface area contributed by atoms with Crippen LogP contribution in [0.4, 0.5) is 4.79 Å². The summed E-state index contributed by atoms with van der Waals surface area (Å²) in [6.45, 7) is 3.00. The zero-order valence-electron chi connectivity index (χ0n) is 10.1. The van der Waals surface area contributed by atoms with Gasteiger partial charge in [0.05, 0.1) is 20.3 Å². The lowest BCUT2D eigenvalue weighted by Crippen LogP contribution is -2.51. The fourth-order valence-corrected chi connectivity index (χ4v) is 2.35. The number of rotatable bonds is 1. The number of hydrogen-bond donors (Lipinski definition) is 0. The molecular weight excluding hydrogens is 224 g/mol. The first kappa shape index (κ1) is 12.2. The van der Waals surface area contributed by atoms with Gasteiger partial charge in [0.2, 0.25) is 5.91 Å². The predicted octanol–water partition coefficient (Wildman–Crippen LogP) is 0.0760. The fraction of sp³-hybridized carbons (Fsp3) is 0.818. The second-order valence-corrected chi connectivity index (χ2v) is 4.26. The van der Waals surface area contributed by atoms with E-state index in [0.29, 0.717) is 32.8 Å². The van der Waals surface area contributed by atoms with Gasteiger partial charge >= 0.3 is 6.09 Å². The Kier molecular flexibility index (Phi) is 3.83. The van der Waals surface area contributed by atoms with Gasteiger partial charge in [-0.2, -0.15) is 0 Å². The van der Waals surface area contributed by atoms with Gasteiger partial charge in [-0.3, -0.25) is 9.69 Å². The van der Waals surface area contributed by atoms with Crippen molar-refractivity contribution in [1.29, 1.82) is 0 Å². The molecule has 0 radical (unpaired) electrons. The van der Waals surface area contributed by atoms with E-state index in [9.17, 15) is 9.59 Å². The summed E-state index contributed by atoms with van der Waals surface area (Å²) in [5.74, 6) is 0.0243. The Morgan fingerprint density at radius 2 is 1.94 bits per heavy atom. The zero-order chi connectivity index (χ0) is 12.3. The van der Waals surface area contributed by atoms with E-state index in [2.05, 4.69) is 0 Å². The molecule has 2 aliphatic rings. The molecule has 6 heteroatoms. The number of methoxy groups -OCH3 is 1. The SMILES string of the molecule is COC(=O)N1CCC[C@H]1C(=O)N1CCOCC1. The largest absolute Gasteiger partial charge is 0.453 e. The Morgan fingerprint density at radius 3 is 2.59 bits per heavy atom. The molecule has 0 spiro atoms.